The molecule has 16 heavy (non-hydrogen) atoms. The summed E-state index contributed by atoms with van der Waals surface area (Å²) in [6.45, 7) is 3.89. The quantitative estimate of drug-likeness (QED) is 0.865. The smallest absolute Gasteiger partial charge is 0.254 e. The minimum atomic E-state index is -0.598. The van der Waals surface area contributed by atoms with E-state index in [0.717, 1.165) is 11.5 Å². The van der Waals surface area contributed by atoms with Gasteiger partial charge in [0.2, 0.25) is 0 Å². The van der Waals surface area contributed by atoms with Crippen LogP contribution in [-0.4, -0.2) is 22.3 Å². The largest absolute Gasteiger partial charge is 0.349 e. The fourth-order valence-corrected chi connectivity index (χ4v) is 1.68. The SMILES string of the molecule is CC(CBr)C(C)NC(=O)c1ccncc1F. The molecule has 1 amide bonds. The number of hydrogen-bond acceptors (Lipinski definition) is 2. The number of rotatable bonds is 4. The van der Waals surface area contributed by atoms with Crippen LogP contribution in [0.3, 0.4) is 0 Å². The van der Waals surface area contributed by atoms with Crippen LogP contribution in [0.15, 0.2) is 18.5 Å². The topological polar surface area (TPSA) is 42.0 Å². The molecule has 0 aromatic carbocycles. The van der Waals surface area contributed by atoms with Crippen molar-refractivity contribution in [3.05, 3.63) is 29.8 Å². The zero-order valence-electron chi connectivity index (χ0n) is 9.21. The van der Waals surface area contributed by atoms with Crippen molar-refractivity contribution in [3.63, 3.8) is 0 Å². The lowest BCUT2D eigenvalue weighted by Crippen LogP contribution is -2.38. The molecule has 0 spiro atoms. The van der Waals surface area contributed by atoms with Crippen LogP contribution < -0.4 is 5.32 Å². The molecule has 1 aromatic rings. The van der Waals surface area contributed by atoms with Gasteiger partial charge in [-0.05, 0) is 18.9 Å². The molecule has 5 heteroatoms. The first-order chi connectivity index (χ1) is 7.56. The Balaban J connectivity index is 2.70. The van der Waals surface area contributed by atoms with Crippen molar-refractivity contribution < 1.29 is 9.18 Å². The maximum absolute atomic E-state index is 13.2. The minimum absolute atomic E-state index is 0.0144. The molecule has 88 valence electrons. The number of nitrogens with one attached hydrogen (secondary N) is 1. The van der Waals surface area contributed by atoms with Gasteiger partial charge in [-0.1, -0.05) is 22.9 Å². The van der Waals surface area contributed by atoms with Gasteiger partial charge in [0.1, 0.15) is 0 Å². The average molecular weight is 289 g/mol. The summed E-state index contributed by atoms with van der Waals surface area (Å²) in [4.78, 5) is 15.3. The fourth-order valence-electron chi connectivity index (χ4n) is 1.12. The molecule has 2 atom stereocenters. The van der Waals surface area contributed by atoms with E-state index in [0.29, 0.717) is 0 Å². The van der Waals surface area contributed by atoms with Crippen LogP contribution in [0.5, 0.6) is 0 Å². The van der Waals surface area contributed by atoms with Gasteiger partial charge in [0.05, 0.1) is 11.8 Å². The summed E-state index contributed by atoms with van der Waals surface area (Å²) in [5.74, 6) is -0.715. The Kier molecular flexibility index (Phi) is 4.86. The third-order valence-electron chi connectivity index (χ3n) is 2.47. The predicted octanol–water partition coefficient (Wildman–Crippen LogP) is 2.37. The van der Waals surface area contributed by atoms with E-state index < -0.39 is 11.7 Å². The van der Waals surface area contributed by atoms with Crippen molar-refractivity contribution in [1.82, 2.24) is 10.3 Å². The van der Waals surface area contributed by atoms with Gasteiger partial charge in [0.15, 0.2) is 5.82 Å². The monoisotopic (exact) mass is 288 g/mol. The third-order valence-corrected chi connectivity index (χ3v) is 3.49. The number of nitrogens with zero attached hydrogens (tertiary/aromatic N) is 1. The van der Waals surface area contributed by atoms with E-state index in [4.69, 9.17) is 0 Å². The zero-order chi connectivity index (χ0) is 12.1. The Morgan fingerprint density at radius 2 is 2.31 bits per heavy atom. The Morgan fingerprint density at radius 3 is 2.88 bits per heavy atom. The van der Waals surface area contributed by atoms with Crippen molar-refractivity contribution in [2.75, 3.05) is 5.33 Å². The summed E-state index contributed by atoms with van der Waals surface area (Å²) in [5.41, 5.74) is 0.0311. The van der Waals surface area contributed by atoms with Gasteiger partial charge < -0.3 is 5.32 Å². The van der Waals surface area contributed by atoms with Gasteiger partial charge in [-0.3, -0.25) is 9.78 Å². The van der Waals surface area contributed by atoms with E-state index in [2.05, 4.69) is 26.2 Å². The molecule has 1 rings (SSSR count). The molecule has 1 heterocycles. The Hall–Kier alpha value is -0.970. The zero-order valence-corrected chi connectivity index (χ0v) is 10.8. The number of halogens is 2. The molecule has 0 saturated heterocycles. The van der Waals surface area contributed by atoms with Gasteiger partial charge in [0.25, 0.3) is 5.91 Å². The summed E-state index contributed by atoms with van der Waals surface area (Å²) in [6, 6.07) is 1.36. The van der Waals surface area contributed by atoms with E-state index in [9.17, 15) is 9.18 Å². The molecule has 0 aliphatic carbocycles. The standard InChI is InChI=1S/C11H14BrFN2O/c1-7(5-12)8(2)15-11(16)9-3-4-14-6-10(9)13/h3-4,6-8H,5H2,1-2H3,(H,15,16). The second kappa shape index (κ2) is 5.94. The number of carbonyl (C=O) groups is 1. The maximum atomic E-state index is 13.2. The van der Waals surface area contributed by atoms with Crippen LogP contribution in [-0.2, 0) is 0 Å². The summed E-state index contributed by atoms with van der Waals surface area (Å²) in [5, 5.41) is 3.54. The van der Waals surface area contributed by atoms with Gasteiger partial charge in [-0.2, -0.15) is 0 Å². The van der Waals surface area contributed by atoms with E-state index >= 15 is 0 Å². The van der Waals surface area contributed by atoms with Gasteiger partial charge in [-0.15, -0.1) is 0 Å². The van der Waals surface area contributed by atoms with Gasteiger partial charge in [-0.25, -0.2) is 4.39 Å². The number of alkyl halides is 1. The highest BCUT2D eigenvalue weighted by Gasteiger charge is 2.17. The van der Waals surface area contributed by atoms with Crippen LogP contribution in [0.25, 0.3) is 0 Å². The van der Waals surface area contributed by atoms with Crippen molar-refractivity contribution in [1.29, 1.82) is 0 Å². The highest BCUT2D eigenvalue weighted by molar-refractivity contribution is 9.09. The van der Waals surface area contributed by atoms with E-state index in [1.165, 1.54) is 12.3 Å². The molecule has 1 aromatic heterocycles. The van der Waals surface area contributed by atoms with Crippen LogP contribution in [0.4, 0.5) is 4.39 Å². The average Bonchev–Trinajstić information content (AvgIpc) is 2.28. The number of pyridine rings is 1. The number of hydrogen-bond donors (Lipinski definition) is 1. The molecule has 0 aliphatic rings. The summed E-state index contributed by atoms with van der Waals surface area (Å²) in [6.07, 6.45) is 2.43. The Bertz CT molecular complexity index is 373. The first-order valence-corrected chi connectivity index (χ1v) is 6.14. The van der Waals surface area contributed by atoms with Crippen molar-refractivity contribution in [2.45, 2.75) is 19.9 Å². The molecule has 0 fully saturated rings. The van der Waals surface area contributed by atoms with Crippen LogP contribution in [0.1, 0.15) is 24.2 Å². The molecule has 0 bridgehead atoms. The maximum Gasteiger partial charge on any atom is 0.254 e. The summed E-state index contributed by atoms with van der Waals surface area (Å²) >= 11 is 3.34. The van der Waals surface area contributed by atoms with Gasteiger partial charge in [0, 0.05) is 17.6 Å². The Morgan fingerprint density at radius 1 is 1.62 bits per heavy atom. The number of aromatic nitrogens is 1. The van der Waals surface area contributed by atoms with Crippen molar-refractivity contribution >= 4 is 21.8 Å². The van der Waals surface area contributed by atoms with Gasteiger partial charge >= 0.3 is 0 Å². The van der Waals surface area contributed by atoms with Crippen LogP contribution in [0.2, 0.25) is 0 Å². The number of amides is 1. The number of carbonyl (C=O) groups excluding carboxylic acids is 1. The minimum Gasteiger partial charge on any atom is -0.349 e. The lowest BCUT2D eigenvalue weighted by molar-refractivity contribution is 0.0927. The second-order valence-electron chi connectivity index (χ2n) is 3.75. The Labute approximate surface area is 103 Å². The normalized spacial score (nSPS) is 14.2. The predicted molar refractivity (Wildman–Crippen MR) is 64.1 cm³/mol. The molecule has 0 saturated carbocycles. The van der Waals surface area contributed by atoms with Crippen molar-refractivity contribution in [2.24, 2.45) is 5.92 Å². The summed E-state index contributed by atoms with van der Waals surface area (Å²) < 4.78 is 13.2. The lowest BCUT2D eigenvalue weighted by atomic mass is 10.1. The highest BCUT2D eigenvalue weighted by Crippen LogP contribution is 2.09. The molecule has 0 aliphatic heterocycles. The first kappa shape index (κ1) is 13.1. The van der Waals surface area contributed by atoms with Crippen LogP contribution >= 0.6 is 15.9 Å². The summed E-state index contributed by atoms with van der Waals surface area (Å²) in [7, 11) is 0. The second-order valence-corrected chi connectivity index (χ2v) is 4.40. The van der Waals surface area contributed by atoms with E-state index in [1.807, 2.05) is 13.8 Å². The van der Waals surface area contributed by atoms with Crippen molar-refractivity contribution in [3.8, 4) is 0 Å². The third kappa shape index (κ3) is 3.27. The molecule has 0 radical (unpaired) electrons. The fraction of sp³-hybridized carbons (Fsp3) is 0.455. The molecular formula is C11H14BrFN2O. The molecule has 1 N–H and O–H groups in total. The molecule has 3 nitrogen and oxygen atoms in total. The van der Waals surface area contributed by atoms with E-state index in [1.54, 1.807) is 0 Å². The first-order valence-electron chi connectivity index (χ1n) is 5.02. The molecular weight excluding hydrogens is 275 g/mol. The van der Waals surface area contributed by atoms with E-state index in [-0.39, 0.29) is 17.5 Å². The van der Waals surface area contributed by atoms with Crippen LogP contribution in [0, 0.1) is 11.7 Å². The lowest BCUT2D eigenvalue weighted by Gasteiger charge is -2.19. The highest BCUT2D eigenvalue weighted by atomic mass is 79.9. The molecule has 2 unspecified atom stereocenters.